The summed E-state index contributed by atoms with van der Waals surface area (Å²) in [7, 11) is 1.79. The van der Waals surface area contributed by atoms with E-state index >= 15 is 0 Å². The molecule has 0 spiro atoms. The van der Waals surface area contributed by atoms with Crippen molar-refractivity contribution in [2.75, 3.05) is 24.2 Å². The number of benzene rings is 1. The maximum absolute atomic E-state index is 12.5. The van der Waals surface area contributed by atoms with Crippen LogP contribution in [0.25, 0.3) is 33.3 Å². The molecule has 2 amide bonds. The molecule has 2 saturated carbocycles. The predicted octanol–water partition coefficient (Wildman–Crippen LogP) is 3.97. The lowest BCUT2D eigenvalue weighted by Crippen LogP contribution is -2.25. The molecule has 2 fully saturated rings. The molecule has 0 atom stereocenters. The fourth-order valence-corrected chi connectivity index (χ4v) is 3.99. The highest BCUT2D eigenvalue weighted by Gasteiger charge is 2.30. The van der Waals surface area contributed by atoms with Crippen LogP contribution in [0.3, 0.4) is 0 Å². The number of fused-ring (bicyclic) bond motifs is 2. The SMILES string of the molecule is CNc1ncc(-c2nc3cc(C(=O)NCC4CC4)ccc3o2)c2cc(NC(=O)C3CC3)ncc12. The van der Waals surface area contributed by atoms with Gasteiger partial charge in [-0.15, -0.1) is 0 Å². The average Bonchev–Trinajstić information content (AvgIpc) is 3.78. The van der Waals surface area contributed by atoms with E-state index in [9.17, 15) is 9.59 Å². The molecule has 172 valence electrons. The van der Waals surface area contributed by atoms with E-state index in [1.807, 2.05) is 6.07 Å². The summed E-state index contributed by atoms with van der Waals surface area (Å²) in [6.07, 6.45) is 7.58. The van der Waals surface area contributed by atoms with E-state index in [0.717, 1.165) is 23.6 Å². The van der Waals surface area contributed by atoms with Crippen LogP contribution < -0.4 is 16.0 Å². The maximum atomic E-state index is 12.5. The van der Waals surface area contributed by atoms with Crippen molar-refractivity contribution in [3.8, 4) is 11.5 Å². The molecule has 2 aliphatic rings. The van der Waals surface area contributed by atoms with Crippen LogP contribution in [0.4, 0.5) is 11.6 Å². The van der Waals surface area contributed by atoms with Gasteiger partial charge in [-0.25, -0.2) is 15.0 Å². The Morgan fingerprint density at radius 1 is 1.06 bits per heavy atom. The van der Waals surface area contributed by atoms with Crippen LogP contribution in [0, 0.1) is 11.8 Å². The first kappa shape index (κ1) is 20.6. The Labute approximate surface area is 195 Å². The number of carbonyl (C=O) groups is 2. The maximum Gasteiger partial charge on any atom is 0.251 e. The number of anilines is 2. The fourth-order valence-electron chi connectivity index (χ4n) is 3.99. The van der Waals surface area contributed by atoms with Gasteiger partial charge in [-0.2, -0.15) is 0 Å². The third kappa shape index (κ3) is 3.93. The number of nitrogens with zero attached hydrogens (tertiary/aromatic N) is 3. The molecule has 34 heavy (non-hydrogen) atoms. The molecule has 9 nitrogen and oxygen atoms in total. The molecule has 0 unspecified atom stereocenters. The van der Waals surface area contributed by atoms with Gasteiger partial charge >= 0.3 is 0 Å². The minimum absolute atomic E-state index is 0.00866. The Bertz CT molecular complexity index is 1440. The van der Waals surface area contributed by atoms with Crippen molar-refractivity contribution in [1.82, 2.24) is 20.3 Å². The van der Waals surface area contributed by atoms with E-state index < -0.39 is 0 Å². The summed E-state index contributed by atoms with van der Waals surface area (Å²) in [5, 5.41) is 10.5. The zero-order valence-electron chi connectivity index (χ0n) is 18.7. The first-order chi connectivity index (χ1) is 16.6. The number of pyridine rings is 2. The average molecular weight is 457 g/mol. The number of aromatic nitrogens is 3. The summed E-state index contributed by atoms with van der Waals surface area (Å²) < 4.78 is 6.04. The van der Waals surface area contributed by atoms with Crippen molar-refractivity contribution >= 4 is 45.3 Å². The lowest BCUT2D eigenvalue weighted by molar-refractivity contribution is -0.117. The van der Waals surface area contributed by atoms with Crippen LogP contribution in [0.5, 0.6) is 0 Å². The zero-order chi connectivity index (χ0) is 23.2. The van der Waals surface area contributed by atoms with Gasteiger partial charge in [0, 0.05) is 48.2 Å². The second kappa shape index (κ2) is 8.09. The van der Waals surface area contributed by atoms with Gasteiger partial charge in [-0.1, -0.05) is 0 Å². The minimum atomic E-state index is -0.106. The van der Waals surface area contributed by atoms with Crippen molar-refractivity contribution in [3.63, 3.8) is 0 Å². The largest absolute Gasteiger partial charge is 0.436 e. The molecule has 0 bridgehead atoms. The van der Waals surface area contributed by atoms with E-state index in [2.05, 4.69) is 30.9 Å². The van der Waals surface area contributed by atoms with Gasteiger partial charge < -0.3 is 20.4 Å². The van der Waals surface area contributed by atoms with Gasteiger partial charge in [0.15, 0.2) is 5.58 Å². The van der Waals surface area contributed by atoms with Gasteiger partial charge in [-0.05, 0) is 55.9 Å². The number of carbonyl (C=O) groups excluding carboxylic acids is 2. The van der Waals surface area contributed by atoms with Crippen LogP contribution in [0.2, 0.25) is 0 Å². The summed E-state index contributed by atoms with van der Waals surface area (Å²) in [5.74, 6) is 2.10. The van der Waals surface area contributed by atoms with Crippen molar-refractivity contribution < 1.29 is 14.0 Å². The Balaban J connectivity index is 1.37. The third-order valence-electron chi connectivity index (χ3n) is 6.34. The Morgan fingerprint density at radius 3 is 2.68 bits per heavy atom. The quantitative estimate of drug-likeness (QED) is 0.385. The molecule has 1 aromatic carbocycles. The molecular formula is C25H24N6O3. The normalized spacial score (nSPS) is 15.4. The third-order valence-corrected chi connectivity index (χ3v) is 6.34. The first-order valence-corrected chi connectivity index (χ1v) is 11.6. The Morgan fingerprint density at radius 2 is 1.91 bits per heavy atom. The lowest BCUT2D eigenvalue weighted by Gasteiger charge is -2.10. The van der Waals surface area contributed by atoms with Gasteiger partial charge in [0.25, 0.3) is 5.91 Å². The van der Waals surface area contributed by atoms with Gasteiger partial charge in [0.2, 0.25) is 11.8 Å². The number of nitrogens with one attached hydrogen (secondary N) is 3. The highest BCUT2D eigenvalue weighted by atomic mass is 16.3. The van der Waals surface area contributed by atoms with Crippen molar-refractivity contribution in [1.29, 1.82) is 0 Å². The standard InChI is InChI=1S/C25H24N6O3/c1-26-22-17-11-27-21(31-24(33)14-4-5-14)9-16(17)18(12-28-22)25-30-19-8-15(6-7-20(19)34-25)23(32)29-10-13-2-3-13/h6-9,11-14H,2-5,10H2,1H3,(H,26,28)(H,29,32)(H,27,31,33). The van der Waals surface area contributed by atoms with E-state index in [1.165, 1.54) is 12.8 Å². The van der Waals surface area contributed by atoms with Crippen molar-refractivity contribution in [2.45, 2.75) is 25.7 Å². The summed E-state index contributed by atoms with van der Waals surface area (Å²) in [6.45, 7) is 0.712. The summed E-state index contributed by atoms with van der Waals surface area (Å²) in [5.41, 5.74) is 2.40. The van der Waals surface area contributed by atoms with Gasteiger partial charge in [0.1, 0.15) is 17.2 Å². The summed E-state index contributed by atoms with van der Waals surface area (Å²) in [6, 6.07) is 7.07. The molecule has 0 saturated heterocycles. The second-order valence-electron chi connectivity index (χ2n) is 9.00. The smallest absolute Gasteiger partial charge is 0.251 e. The van der Waals surface area contributed by atoms with E-state index in [-0.39, 0.29) is 17.7 Å². The molecule has 3 heterocycles. The van der Waals surface area contributed by atoms with Crippen LogP contribution >= 0.6 is 0 Å². The summed E-state index contributed by atoms with van der Waals surface area (Å²) >= 11 is 0. The molecule has 4 aromatic rings. The lowest BCUT2D eigenvalue weighted by atomic mass is 10.1. The second-order valence-corrected chi connectivity index (χ2v) is 9.00. The summed E-state index contributed by atoms with van der Waals surface area (Å²) in [4.78, 5) is 38.3. The van der Waals surface area contributed by atoms with Crippen LogP contribution in [0.1, 0.15) is 36.0 Å². The molecule has 2 aliphatic carbocycles. The molecule has 0 radical (unpaired) electrons. The molecule has 6 rings (SSSR count). The van der Waals surface area contributed by atoms with Crippen LogP contribution in [0.15, 0.2) is 41.1 Å². The highest BCUT2D eigenvalue weighted by molar-refractivity contribution is 6.03. The first-order valence-electron chi connectivity index (χ1n) is 11.6. The van der Waals surface area contributed by atoms with Gasteiger partial charge in [-0.3, -0.25) is 9.59 Å². The Kier molecular flexibility index (Phi) is 4.90. The zero-order valence-corrected chi connectivity index (χ0v) is 18.7. The topological polar surface area (TPSA) is 122 Å². The van der Waals surface area contributed by atoms with Crippen LogP contribution in [-0.2, 0) is 4.79 Å². The monoisotopic (exact) mass is 456 g/mol. The van der Waals surface area contributed by atoms with Crippen molar-refractivity contribution in [3.05, 3.63) is 42.2 Å². The number of hydrogen-bond donors (Lipinski definition) is 3. The number of amides is 2. The van der Waals surface area contributed by atoms with E-state index in [1.54, 1.807) is 37.6 Å². The number of rotatable bonds is 7. The Hall–Kier alpha value is -4.01. The molecule has 9 heteroatoms. The molecule has 3 N–H and O–H groups in total. The predicted molar refractivity (Wildman–Crippen MR) is 128 cm³/mol. The van der Waals surface area contributed by atoms with Crippen molar-refractivity contribution in [2.24, 2.45) is 11.8 Å². The minimum Gasteiger partial charge on any atom is -0.436 e. The molecule has 3 aromatic heterocycles. The molecular weight excluding hydrogens is 432 g/mol. The van der Waals surface area contributed by atoms with Crippen LogP contribution in [-0.4, -0.2) is 40.4 Å². The number of hydrogen-bond acceptors (Lipinski definition) is 7. The fraction of sp³-hybridized carbons (Fsp3) is 0.320. The van der Waals surface area contributed by atoms with Gasteiger partial charge in [0.05, 0.1) is 5.56 Å². The highest BCUT2D eigenvalue weighted by Crippen LogP contribution is 2.35. The molecule has 0 aliphatic heterocycles. The number of oxazole rings is 1. The van der Waals surface area contributed by atoms with E-state index in [0.29, 0.717) is 52.2 Å². The van der Waals surface area contributed by atoms with E-state index in [4.69, 9.17) is 4.42 Å².